The van der Waals surface area contributed by atoms with E-state index in [1.54, 1.807) is 0 Å². The van der Waals surface area contributed by atoms with Crippen LogP contribution in [0.2, 0.25) is 0 Å². The summed E-state index contributed by atoms with van der Waals surface area (Å²) in [7, 11) is 0. The predicted octanol–water partition coefficient (Wildman–Crippen LogP) is 1.69. The molecule has 0 heterocycles. The van der Waals surface area contributed by atoms with Crippen LogP contribution in [0.3, 0.4) is 0 Å². The molecule has 2 nitrogen and oxygen atoms in total. The van der Waals surface area contributed by atoms with Gasteiger partial charge in [0.05, 0.1) is 5.16 Å². The third kappa shape index (κ3) is 4.68. The Morgan fingerprint density at radius 2 is 2.50 bits per heavy atom. The van der Waals surface area contributed by atoms with Gasteiger partial charge in [0.1, 0.15) is 6.04 Å². The molecule has 0 aromatic rings. The zero-order chi connectivity index (χ0) is 7.82. The molecule has 0 aromatic carbocycles. The van der Waals surface area contributed by atoms with Crippen LogP contribution >= 0.6 is 12.2 Å². The van der Waals surface area contributed by atoms with Gasteiger partial charge in [0, 0.05) is 4.21 Å². The number of isothiocyanates is 1. The minimum atomic E-state index is 0.0880. The van der Waals surface area contributed by atoms with Gasteiger partial charge in [0.25, 0.3) is 5.75 Å². The highest BCUT2D eigenvalue weighted by atomic mass is 32.1. The summed E-state index contributed by atoms with van der Waals surface area (Å²) >= 11 is 4.99. The number of rotatable bonds is 5. The molecule has 1 unspecified atom stereocenters. The number of thiocarbonyl (C=S) groups is 1. The second-order valence-electron chi connectivity index (χ2n) is 1.95. The summed E-state index contributed by atoms with van der Waals surface area (Å²) in [4.78, 5) is 3.85. The van der Waals surface area contributed by atoms with E-state index in [9.17, 15) is 4.21 Å². The van der Waals surface area contributed by atoms with Crippen LogP contribution in [0.1, 0.15) is 19.8 Å². The van der Waals surface area contributed by atoms with Gasteiger partial charge in [-0.15, -0.1) is 0 Å². The van der Waals surface area contributed by atoms with Crippen molar-refractivity contribution < 1.29 is 4.21 Å². The average Bonchev–Trinajstić information content (AvgIpc) is 1.90. The first-order valence-corrected chi connectivity index (χ1v) is 4.48. The molecule has 0 N–H and O–H groups in total. The normalized spacial score (nSPS) is 11.7. The standard InChI is InChI=1S/C6H10NOS2/c1-2-3-6(4-10-8)7-5-9/h6H,2-4H2,1H3/q+1. The van der Waals surface area contributed by atoms with E-state index in [1.165, 1.54) is 0 Å². The molecular formula is C6H10NOS2+. The zero-order valence-electron chi connectivity index (χ0n) is 5.87. The van der Waals surface area contributed by atoms with Crippen molar-refractivity contribution in [2.75, 3.05) is 5.75 Å². The number of hydrogen-bond donors (Lipinski definition) is 0. The van der Waals surface area contributed by atoms with E-state index in [4.69, 9.17) is 0 Å². The van der Waals surface area contributed by atoms with E-state index in [2.05, 4.69) is 29.3 Å². The lowest BCUT2D eigenvalue weighted by atomic mass is 10.2. The van der Waals surface area contributed by atoms with Crippen molar-refractivity contribution in [3.8, 4) is 0 Å². The van der Waals surface area contributed by atoms with Crippen LogP contribution in [-0.4, -0.2) is 17.0 Å². The summed E-state index contributed by atoms with van der Waals surface area (Å²) in [6, 6.07) is 0.0880. The maximum atomic E-state index is 10.1. The van der Waals surface area contributed by atoms with Gasteiger partial charge in [-0.2, -0.15) is 0 Å². The SMILES string of the molecule is CCCC(C[S+]=O)N=C=S. The lowest BCUT2D eigenvalue weighted by Crippen LogP contribution is -2.08. The molecule has 0 aliphatic carbocycles. The molecule has 0 saturated carbocycles. The Kier molecular flexibility index (Phi) is 6.81. The second kappa shape index (κ2) is 6.93. The average molecular weight is 176 g/mol. The van der Waals surface area contributed by atoms with E-state index in [1.807, 2.05) is 0 Å². The molecule has 0 fully saturated rings. The lowest BCUT2D eigenvalue weighted by Gasteiger charge is -1.96. The van der Waals surface area contributed by atoms with Crippen LogP contribution in [0.5, 0.6) is 0 Å². The fraction of sp³-hybridized carbons (Fsp3) is 0.833. The second-order valence-corrected chi connectivity index (χ2v) is 2.70. The first-order chi connectivity index (χ1) is 4.85. The largest absolute Gasteiger partial charge is 0.461 e. The molecule has 0 bridgehead atoms. The molecule has 0 aliphatic rings. The van der Waals surface area contributed by atoms with Crippen molar-refractivity contribution in [1.82, 2.24) is 0 Å². The molecule has 0 rings (SSSR count). The lowest BCUT2D eigenvalue weighted by molar-refractivity contribution is 0.595. The summed E-state index contributed by atoms with van der Waals surface area (Å²) in [5, 5.41) is 2.29. The van der Waals surface area contributed by atoms with Gasteiger partial charge in [-0.3, -0.25) is 0 Å². The van der Waals surface area contributed by atoms with E-state index >= 15 is 0 Å². The van der Waals surface area contributed by atoms with Gasteiger partial charge < -0.3 is 0 Å². The molecule has 1 atom stereocenters. The summed E-state index contributed by atoms with van der Waals surface area (Å²) in [6.45, 7) is 2.06. The molecular weight excluding hydrogens is 166 g/mol. The molecule has 0 radical (unpaired) electrons. The van der Waals surface area contributed by atoms with Gasteiger partial charge in [-0.1, -0.05) is 13.3 Å². The predicted molar refractivity (Wildman–Crippen MR) is 46.6 cm³/mol. The summed E-state index contributed by atoms with van der Waals surface area (Å²) in [5.41, 5.74) is 0. The highest BCUT2D eigenvalue weighted by molar-refractivity contribution is 7.78. The minimum absolute atomic E-state index is 0.0880. The van der Waals surface area contributed by atoms with Crippen LogP contribution in [0.4, 0.5) is 0 Å². The van der Waals surface area contributed by atoms with Gasteiger partial charge in [0.2, 0.25) is 0 Å². The Bertz CT molecular complexity index is 143. The first kappa shape index (κ1) is 9.82. The summed E-state index contributed by atoms with van der Waals surface area (Å²) in [6.07, 6.45) is 1.96. The topological polar surface area (TPSA) is 29.4 Å². The van der Waals surface area contributed by atoms with Crippen LogP contribution in [-0.2, 0) is 15.9 Å². The molecule has 56 valence electrons. The van der Waals surface area contributed by atoms with Crippen LogP contribution in [0.15, 0.2) is 4.99 Å². The Morgan fingerprint density at radius 3 is 2.90 bits per heavy atom. The maximum absolute atomic E-state index is 10.1. The van der Waals surface area contributed by atoms with Crippen molar-refractivity contribution in [3.63, 3.8) is 0 Å². The van der Waals surface area contributed by atoms with Crippen molar-refractivity contribution in [3.05, 3.63) is 0 Å². The maximum Gasteiger partial charge on any atom is 0.461 e. The third-order valence-electron chi connectivity index (χ3n) is 1.12. The minimum Gasteiger partial charge on any atom is -0.223 e. The monoisotopic (exact) mass is 176 g/mol. The van der Waals surface area contributed by atoms with Crippen molar-refractivity contribution in [2.45, 2.75) is 25.8 Å². The quantitative estimate of drug-likeness (QED) is 0.362. The number of aliphatic imine (C=N–C) groups is 1. The van der Waals surface area contributed by atoms with Crippen LogP contribution in [0, 0.1) is 0 Å². The van der Waals surface area contributed by atoms with Gasteiger partial charge >= 0.3 is 11.7 Å². The number of hydrogen-bond acceptors (Lipinski definition) is 3. The Hall–Kier alpha value is -0.180. The summed E-state index contributed by atoms with van der Waals surface area (Å²) < 4.78 is 10.1. The zero-order valence-corrected chi connectivity index (χ0v) is 7.50. The van der Waals surface area contributed by atoms with E-state index < -0.39 is 0 Å². The van der Waals surface area contributed by atoms with Crippen LogP contribution in [0.25, 0.3) is 0 Å². The van der Waals surface area contributed by atoms with E-state index in [-0.39, 0.29) is 6.04 Å². The highest BCUT2D eigenvalue weighted by Gasteiger charge is 2.12. The van der Waals surface area contributed by atoms with Crippen molar-refractivity contribution >= 4 is 29.0 Å². The molecule has 0 aromatic heterocycles. The Morgan fingerprint density at radius 1 is 1.80 bits per heavy atom. The summed E-state index contributed by atoms with van der Waals surface area (Å²) in [5.74, 6) is 0.511. The first-order valence-electron chi connectivity index (χ1n) is 3.16. The molecule has 0 saturated heterocycles. The van der Waals surface area contributed by atoms with E-state index in [0.717, 1.165) is 12.8 Å². The molecule has 10 heavy (non-hydrogen) atoms. The molecule has 0 aliphatic heterocycles. The van der Waals surface area contributed by atoms with Crippen molar-refractivity contribution in [1.29, 1.82) is 0 Å². The highest BCUT2D eigenvalue weighted by Crippen LogP contribution is 1.99. The fourth-order valence-electron chi connectivity index (χ4n) is 0.671. The molecule has 0 amide bonds. The van der Waals surface area contributed by atoms with Crippen molar-refractivity contribution in [2.24, 2.45) is 4.99 Å². The van der Waals surface area contributed by atoms with Crippen LogP contribution < -0.4 is 0 Å². The number of nitrogens with zero attached hydrogens (tertiary/aromatic N) is 1. The smallest absolute Gasteiger partial charge is 0.223 e. The van der Waals surface area contributed by atoms with Gasteiger partial charge in [-0.05, 0) is 18.6 Å². The van der Waals surface area contributed by atoms with Gasteiger partial charge in [0.15, 0.2) is 0 Å². The Labute approximate surface area is 70.2 Å². The third-order valence-corrected chi connectivity index (χ3v) is 1.74. The van der Waals surface area contributed by atoms with Gasteiger partial charge in [-0.25, -0.2) is 4.99 Å². The molecule has 4 heteroatoms. The molecule has 0 spiro atoms. The van der Waals surface area contributed by atoms with E-state index in [0.29, 0.717) is 17.4 Å². The Balaban J connectivity index is 3.70. The fourth-order valence-corrected chi connectivity index (χ4v) is 1.22.